The lowest BCUT2D eigenvalue weighted by Gasteiger charge is -2.38. The van der Waals surface area contributed by atoms with Gasteiger partial charge in [-0.25, -0.2) is 4.98 Å². The fourth-order valence-electron chi connectivity index (χ4n) is 5.65. The summed E-state index contributed by atoms with van der Waals surface area (Å²) in [6, 6.07) is 2.63. The predicted molar refractivity (Wildman–Crippen MR) is 131 cm³/mol. The second-order valence-electron chi connectivity index (χ2n) is 9.51. The van der Waals surface area contributed by atoms with E-state index in [1.54, 1.807) is 18.4 Å². The van der Waals surface area contributed by atoms with Gasteiger partial charge >= 0.3 is 0 Å². The third-order valence-electron chi connectivity index (χ3n) is 7.45. The maximum Gasteiger partial charge on any atom is 0.239 e. The molecule has 2 aromatic rings. The van der Waals surface area contributed by atoms with Crippen LogP contribution < -0.4 is 15.4 Å². The number of aryl methyl sites for hydroxylation is 1. The van der Waals surface area contributed by atoms with Crippen LogP contribution in [0.1, 0.15) is 54.9 Å². The summed E-state index contributed by atoms with van der Waals surface area (Å²) in [6.07, 6.45) is 8.80. The largest absolute Gasteiger partial charge is 0.490 e. The van der Waals surface area contributed by atoms with Crippen molar-refractivity contribution in [3.05, 3.63) is 22.7 Å². The summed E-state index contributed by atoms with van der Waals surface area (Å²) < 4.78 is 12.1. The van der Waals surface area contributed by atoms with Crippen LogP contribution in [0.2, 0.25) is 0 Å². The Balaban J connectivity index is 1.26. The summed E-state index contributed by atoms with van der Waals surface area (Å²) in [5.74, 6) is 0.769. The maximum atomic E-state index is 12.5. The Morgan fingerprint density at radius 3 is 2.74 bits per heavy atom. The number of hydrogen-bond acceptors (Lipinski definition) is 7. The van der Waals surface area contributed by atoms with Crippen LogP contribution in [0.4, 0.5) is 0 Å². The van der Waals surface area contributed by atoms with E-state index in [9.17, 15) is 9.59 Å². The topological polar surface area (TPSA) is 92.8 Å². The van der Waals surface area contributed by atoms with Crippen LogP contribution in [0.3, 0.4) is 0 Å². The molecule has 0 unspecified atom stereocenters. The van der Waals surface area contributed by atoms with Crippen LogP contribution in [-0.2, 0) is 20.7 Å². The second kappa shape index (κ2) is 10.6. The van der Waals surface area contributed by atoms with E-state index in [4.69, 9.17) is 9.47 Å². The van der Waals surface area contributed by atoms with Gasteiger partial charge in [-0.15, -0.1) is 11.3 Å². The van der Waals surface area contributed by atoms with Crippen molar-refractivity contribution in [2.45, 2.75) is 63.0 Å². The van der Waals surface area contributed by atoms with Crippen LogP contribution in [0, 0.1) is 0 Å². The number of ether oxygens (including phenoxy) is 2. The molecule has 0 spiro atoms. The number of nitrogens with zero attached hydrogens (tertiary/aromatic N) is 2. The molecule has 1 saturated carbocycles. The maximum absolute atomic E-state index is 12.5. The first-order valence-electron chi connectivity index (χ1n) is 12.5. The van der Waals surface area contributed by atoms with E-state index in [0.717, 1.165) is 80.8 Å². The van der Waals surface area contributed by atoms with Gasteiger partial charge in [0.1, 0.15) is 10.6 Å². The molecule has 5 rings (SSSR count). The zero-order valence-electron chi connectivity index (χ0n) is 19.8. The van der Waals surface area contributed by atoms with Gasteiger partial charge < -0.3 is 20.1 Å². The highest BCUT2D eigenvalue weighted by Crippen LogP contribution is 2.48. The Kier molecular flexibility index (Phi) is 7.32. The number of thiophene rings is 1. The number of carbonyl (C=O) groups is 2. The van der Waals surface area contributed by atoms with Gasteiger partial charge in [0, 0.05) is 43.7 Å². The van der Waals surface area contributed by atoms with E-state index in [1.165, 1.54) is 10.4 Å². The molecule has 184 valence electrons. The number of nitrogens with one attached hydrogen (secondary N) is 2. The molecule has 0 radical (unpaired) electrons. The van der Waals surface area contributed by atoms with Gasteiger partial charge in [-0.1, -0.05) is 0 Å². The number of hydrogen-bond donors (Lipinski definition) is 2. The molecular formula is C25H34N4O4S. The summed E-state index contributed by atoms with van der Waals surface area (Å²) in [5.41, 5.74) is 1.24. The van der Waals surface area contributed by atoms with Crippen molar-refractivity contribution in [3.8, 4) is 5.75 Å². The number of likely N-dealkylation sites (N-methyl/N-ethyl adjacent to an activating group) is 1. The van der Waals surface area contributed by atoms with Gasteiger partial charge in [0.15, 0.2) is 0 Å². The number of rotatable bonds is 7. The van der Waals surface area contributed by atoms with Crippen molar-refractivity contribution in [2.24, 2.45) is 0 Å². The van der Waals surface area contributed by atoms with E-state index in [2.05, 4.69) is 20.5 Å². The van der Waals surface area contributed by atoms with Crippen LogP contribution in [0.25, 0.3) is 10.2 Å². The molecule has 1 atom stereocenters. The van der Waals surface area contributed by atoms with Crippen molar-refractivity contribution < 1.29 is 19.1 Å². The number of pyridine rings is 1. The van der Waals surface area contributed by atoms with Gasteiger partial charge in [0.2, 0.25) is 11.8 Å². The first-order chi connectivity index (χ1) is 16.6. The molecule has 8 nitrogen and oxygen atoms in total. The van der Waals surface area contributed by atoms with Crippen molar-refractivity contribution in [1.29, 1.82) is 0 Å². The van der Waals surface area contributed by atoms with E-state index >= 15 is 0 Å². The zero-order chi connectivity index (χ0) is 23.5. The van der Waals surface area contributed by atoms with Crippen LogP contribution in [-0.4, -0.2) is 73.7 Å². The summed E-state index contributed by atoms with van der Waals surface area (Å²) in [5, 5.41) is 6.37. The lowest BCUT2D eigenvalue weighted by atomic mass is 9.91. The molecular weight excluding hydrogens is 452 g/mol. The summed E-state index contributed by atoms with van der Waals surface area (Å²) in [7, 11) is 1.57. The number of morpholine rings is 1. The fraction of sp³-hybridized carbons (Fsp3) is 0.640. The van der Waals surface area contributed by atoms with E-state index in [1.807, 2.05) is 12.3 Å². The standard InChI is InChI=1S/C25H34N4O4S/c1-26-22(31)15-28-21(30)14-16-2-7-20-23(16)24-19(8-9-27-25(24)34-20)33-18-5-3-17(4-6-18)29-10-12-32-13-11-29/h8-9,16-18H,2-7,10-15H2,1H3,(H,26,31)(H,28,30)/t16-,17-,18-/m1/s1. The third kappa shape index (κ3) is 5.06. The molecule has 0 aromatic carbocycles. The molecule has 2 aliphatic carbocycles. The molecule has 3 heterocycles. The van der Waals surface area contributed by atoms with Gasteiger partial charge in [0.25, 0.3) is 0 Å². The molecule has 2 N–H and O–H groups in total. The lowest BCUT2D eigenvalue weighted by molar-refractivity contribution is -0.126. The molecule has 3 aliphatic rings. The number of amides is 2. The highest BCUT2D eigenvalue weighted by molar-refractivity contribution is 7.19. The first-order valence-corrected chi connectivity index (χ1v) is 13.3. The summed E-state index contributed by atoms with van der Waals surface area (Å²) in [4.78, 5) is 33.5. The highest BCUT2D eigenvalue weighted by Gasteiger charge is 2.32. The Hall–Kier alpha value is -2.23. The number of aromatic nitrogens is 1. The van der Waals surface area contributed by atoms with Crippen molar-refractivity contribution in [3.63, 3.8) is 0 Å². The summed E-state index contributed by atoms with van der Waals surface area (Å²) >= 11 is 1.73. The van der Waals surface area contributed by atoms with E-state index < -0.39 is 0 Å². The lowest BCUT2D eigenvalue weighted by Crippen LogP contribution is -2.46. The third-order valence-corrected chi connectivity index (χ3v) is 8.63. The van der Waals surface area contributed by atoms with Crippen LogP contribution in [0.15, 0.2) is 12.3 Å². The molecule has 9 heteroatoms. The fourth-order valence-corrected chi connectivity index (χ4v) is 6.90. The first kappa shape index (κ1) is 23.5. The van der Waals surface area contributed by atoms with Crippen molar-refractivity contribution >= 4 is 33.4 Å². The molecule has 2 fully saturated rings. The molecule has 0 bridgehead atoms. The quantitative estimate of drug-likeness (QED) is 0.625. The normalized spacial score (nSPS) is 25.1. The monoisotopic (exact) mass is 486 g/mol. The van der Waals surface area contributed by atoms with Gasteiger partial charge in [-0.2, -0.15) is 0 Å². The van der Waals surface area contributed by atoms with E-state index in [-0.39, 0.29) is 30.4 Å². The minimum absolute atomic E-state index is 0.0162. The zero-order valence-corrected chi connectivity index (χ0v) is 20.6. The Morgan fingerprint density at radius 1 is 1.18 bits per heavy atom. The molecule has 34 heavy (non-hydrogen) atoms. The van der Waals surface area contributed by atoms with Gasteiger partial charge in [-0.3, -0.25) is 14.5 Å². The van der Waals surface area contributed by atoms with Crippen molar-refractivity contribution in [1.82, 2.24) is 20.5 Å². The van der Waals surface area contributed by atoms with Crippen molar-refractivity contribution in [2.75, 3.05) is 39.9 Å². The SMILES string of the molecule is CNC(=O)CNC(=O)C[C@H]1CCc2sc3nccc(O[C@H]4CC[C@H](N5CCOCC5)CC4)c3c21. The predicted octanol–water partition coefficient (Wildman–Crippen LogP) is 2.60. The smallest absolute Gasteiger partial charge is 0.239 e. The molecule has 2 aromatic heterocycles. The van der Waals surface area contributed by atoms with Gasteiger partial charge in [-0.05, 0) is 56.1 Å². The van der Waals surface area contributed by atoms with Crippen LogP contribution in [0.5, 0.6) is 5.75 Å². The number of carbonyl (C=O) groups excluding carboxylic acids is 2. The molecule has 1 aliphatic heterocycles. The minimum Gasteiger partial charge on any atom is -0.490 e. The Labute approximate surface area is 204 Å². The average molecular weight is 487 g/mol. The minimum atomic E-state index is -0.190. The molecule has 1 saturated heterocycles. The number of fused-ring (bicyclic) bond motifs is 3. The highest BCUT2D eigenvalue weighted by atomic mass is 32.1. The molecule has 2 amide bonds. The Bertz CT molecular complexity index is 1030. The van der Waals surface area contributed by atoms with Gasteiger partial charge in [0.05, 0.1) is 31.2 Å². The average Bonchev–Trinajstić information content (AvgIpc) is 3.43. The second-order valence-corrected chi connectivity index (χ2v) is 10.6. The Morgan fingerprint density at radius 2 is 1.97 bits per heavy atom. The van der Waals surface area contributed by atoms with Crippen LogP contribution >= 0.6 is 11.3 Å². The van der Waals surface area contributed by atoms with E-state index in [0.29, 0.717) is 12.5 Å². The summed E-state index contributed by atoms with van der Waals surface area (Å²) in [6.45, 7) is 3.79.